The molecule has 3 rings (SSSR count). The first-order valence-electron chi connectivity index (χ1n) is 21.7. The Balaban J connectivity index is 1.94. The maximum Gasteiger partial charge on any atom is 0.325 e. The number of benzene rings is 1. The van der Waals surface area contributed by atoms with Crippen molar-refractivity contribution < 1.29 is 53.3 Å². The molecule has 1 aliphatic rings. The average Bonchev–Trinajstić information content (AvgIpc) is 3.99. The van der Waals surface area contributed by atoms with E-state index in [1.54, 1.807) is 20.9 Å². The Kier molecular flexibility index (Phi) is 21.7. The molecule has 0 aliphatic carbocycles. The molecule has 1 aromatic carbocycles. The molecule has 24 nitrogen and oxygen atoms in total. The van der Waals surface area contributed by atoms with Crippen LogP contribution in [-0.4, -0.2) is 161 Å². The highest BCUT2D eigenvalue weighted by Crippen LogP contribution is 2.25. The van der Waals surface area contributed by atoms with Crippen molar-refractivity contribution in [3.05, 3.63) is 47.0 Å². The summed E-state index contributed by atoms with van der Waals surface area (Å²) in [5, 5.41) is 37.8. The Bertz CT molecular complexity index is 2070. The van der Waals surface area contributed by atoms with Gasteiger partial charge in [0.2, 0.25) is 41.4 Å². The Hall–Kier alpha value is -6.53. The molecule has 7 amide bonds. The van der Waals surface area contributed by atoms with Crippen molar-refractivity contribution >= 4 is 64.9 Å². The summed E-state index contributed by atoms with van der Waals surface area (Å²) in [6.45, 7) is 6.28. The molecule has 0 radical (unpaired) electrons. The third-order valence-corrected chi connectivity index (χ3v) is 11.2. The van der Waals surface area contributed by atoms with Gasteiger partial charge in [-0.1, -0.05) is 31.5 Å². The van der Waals surface area contributed by atoms with Crippen LogP contribution in [0.15, 0.2) is 35.7 Å². The lowest BCUT2D eigenvalue weighted by Gasteiger charge is -2.31. The lowest BCUT2D eigenvalue weighted by Crippen LogP contribution is -2.62. The van der Waals surface area contributed by atoms with Crippen molar-refractivity contribution in [1.29, 1.82) is 0 Å². The minimum absolute atomic E-state index is 0.0473. The fourth-order valence-electron chi connectivity index (χ4n) is 7.09. The number of halogens is 1. The summed E-state index contributed by atoms with van der Waals surface area (Å²) in [7, 11) is 2.84. The zero-order valence-electron chi connectivity index (χ0n) is 38.4. The second kappa shape index (κ2) is 26.6. The predicted octanol–water partition coefficient (Wildman–Crippen LogP) is -2.48. The summed E-state index contributed by atoms with van der Waals surface area (Å²) in [5.41, 5.74) is 11.7. The number of imidazole rings is 1. The molecule has 0 unspecified atom stereocenters. The number of aromatic hydroxyl groups is 1. The number of likely N-dealkylation sites (tertiary alicyclic amines) is 1. The average molecular weight is 963 g/mol. The first-order valence-corrected chi connectivity index (χ1v) is 22.1. The number of nitrogens with two attached hydrogens (primary N) is 2. The number of rotatable bonds is 26. The zero-order chi connectivity index (χ0) is 50.0. The van der Waals surface area contributed by atoms with E-state index >= 15 is 0 Å². The number of amides is 7. The molecule has 25 heteroatoms. The van der Waals surface area contributed by atoms with E-state index in [0.717, 1.165) is 0 Å². The normalized spacial score (nSPS) is 16.5. The largest absolute Gasteiger partial charge is 0.506 e. The Morgan fingerprint density at radius 1 is 0.910 bits per heavy atom. The number of hydrogen-bond acceptors (Lipinski definition) is 13. The first-order chi connectivity index (χ1) is 31.7. The molecule has 67 heavy (non-hydrogen) atoms. The number of hydrogen-bond donors (Lipinski definition) is 12. The topological polar surface area (TPSA) is 367 Å². The van der Waals surface area contributed by atoms with Crippen LogP contribution in [0.5, 0.6) is 5.75 Å². The van der Waals surface area contributed by atoms with Gasteiger partial charge < -0.3 is 73.5 Å². The number of H-pyrrole nitrogens is 1. The SMILES string of the molecule is CNCC(=O)N[C@@H](CCCN=C(N)N)C(=O)N[C@H](C(=O)N[C@@H](Cc1ccc(O)c(Cl)c1)C(=O)N[C@H](C(=O)N[C@@H](Cc1cnc[nH]1)C(=O)N1CCC[C@H]1C(=O)N[C@@H](C)C(=O)O)[C@@H](C)OC)C(C)C. The highest BCUT2D eigenvalue weighted by Gasteiger charge is 2.41. The Labute approximate surface area is 392 Å². The van der Waals surface area contributed by atoms with Crippen molar-refractivity contribution in [2.24, 2.45) is 22.4 Å². The molecule has 1 saturated heterocycles. The third kappa shape index (κ3) is 17.0. The number of carboxylic acids is 1. The van der Waals surface area contributed by atoms with E-state index in [4.69, 9.17) is 27.8 Å². The fourth-order valence-corrected chi connectivity index (χ4v) is 7.29. The van der Waals surface area contributed by atoms with Gasteiger partial charge in [-0.15, -0.1) is 0 Å². The number of nitrogens with one attached hydrogen (secondary N) is 8. The molecule has 0 bridgehead atoms. The van der Waals surface area contributed by atoms with E-state index in [9.17, 15) is 48.6 Å². The molecule has 1 aliphatic heterocycles. The van der Waals surface area contributed by atoms with E-state index in [0.29, 0.717) is 24.1 Å². The number of methoxy groups -OCH3 is 1. The van der Waals surface area contributed by atoms with Gasteiger partial charge in [-0.3, -0.25) is 43.3 Å². The molecule has 370 valence electrons. The summed E-state index contributed by atoms with van der Waals surface area (Å²) in [6.07, 6.45) is 2.47. The Morgan fingerprint density at radius 2 is 1.57 bits per heavy atom. The molecule has 14 N–H and O–H groups in total. The van der Waals surface area contributed by atoms with Crippen molar-refractivity contribution in [3.8, 4) is 5.75 Å². The smallest absolute Gasteiger partial charge is 0.325 e. The van der Waals surface area contributed by atoms with Crippen LogP contribution in [0, 0.1) is 5.92 Å². The third-order valence-electron chi connectivity index (χ3n) is 10.8. The number of carbonyl (C=O) groups excluding carboxylic acids is 7. The number of nitrogens with zero attached hydrogens (tertiary/aromatic N) is 3. The molecule has 1 aromatic heterocycles. The first kappa shape index (κ1) is 54.8. The number of aromatic amines is 1. The van der Waals surface area contributed by atoms with Crippen molar-refractivity contribution in [1.82, 2.24) is 52.1 Å². The number of carbonyl (C=O) groups is 8. The van der Waals surface area contributed by atoms with E-state index in [2.05, 4.69) is 52.2 Å². The van der Waals surface area contributed by atoms with Gasteiger partial charge in [0.15, 0.2) is 5.96 Å². The molecule has 1 fully saturated rings. The van der Waals surface area contributed by atoms with Gasteiger partial charge in [0.05, 0.1) is 24.0 Å². The van der Waals surface area contributed by atoms with E-state index < -0.39 is 102 Å². The summed E-state index contributed by atoms with van der Waals surface area (Å²) in [5.74, 6) is -7.33. The summed E-state index contributed by atoms with van der Waals surface area (Å²) in [6, 6.07) is -4.77. The highest BCUT2D eigenvalue weighted by molar-refractivity contribution is 6.32. The van der Waals surface area contributed by atoms with Crippen LogP contribution in [0.1, 0.15) is 64.6 Å². The number of phenols is 1. The number of likely N-dealkylation sites (N-methyl/N-ethyl adjacent to an activating group) is 1. The van der Waals surface area contributed by atoms with Crippen LogP contribution in [0.25, 0.3) is 0 Å². The maximum atomic E-state index is 14.4. The number of carboxylic acid groups (broad SMARTS) is 1. The number of aliphatic imine (C=N–C) groups is 1. The predicted molar refractivity (Wildman–Crippen MR) is 244 cm³/mol. The van der Waals surface area contributed by atoms with Crippen LogP contribution < -0.4 is 48.7 Å². The molecular weight excluding hydrogens is 898 g/mol. The van der Waals surface area contributed by atoms with E-state index in [1.807, 2.05) is 0 Å². The minimum atomic E-state index is -1.51. The fraction of sp³-hybridized carbons (Fsp3) is 0.571. The quantitative estimate of drug-likeness (QED) is 0.0264. The maximum absolute atomic E-state index is 14.4. The second-order valence-corrected chi connectivity index (χ2v) is 16.8. The van der Waals surface area contributed by atoms with E-state index in [1.165, 1.54) is 56.6 Å². The van der Waals surface area contributed by atoms with Crippen molar-refractivity contribution in [3.63, 3.8) is 0 Å². The van der Waals surface area contributed by atoms with Gasteiger partial charge in [-0.25, -0.2) is 4.98 Å². The molecule has 8 atom stereocenters. The van der Waals surface area contributed by atoms with Crippen LogP contribution in [0.3, 0.4) is 0 Å². The number of aliphatic carboxylic acids is 1. The summed E-state index contributed by atoms with van der Waals surface area (Å²) in [4.78, 5) is 120. The summed E-state index contributed by atoms with van der Waals surface area (Å²) >= 11 is 6.21. The molecule has 0 spiro atoms. The minimum Gasteiger partial charge on any atom is -0.506 e. The Morgan fingerprint density at radius 3 is 2.16 bits per heavy atom. The van der Waals surface area contributed by atoms with Gasteiger partial charge in [0, 0.05) is 44.9 Å². The molecular formula is C42H64ClN13O11. The monoisotopic (exact) mass is 961 g/mol. The number of guanidine groups is 1. The highest BCUT2D eigenvalue weighted by atomic mass is 35.5. The van der Waals surface area contributed by atoms with Crippen molar-refractivity contribution in [2.75, 3.05) is 33.8 Å². The van der Waals surface area contributed by atoms with Gasteiger partial charge in [-0.2, -0.15) is 0 Å². The number of ether oxygens (including phenoxy) is 1. The van der Waals surface area contributed by atoms with Crippen LogP contribution >= 0.6 is 11.6 Å². The van der Waals surface area contributed by atoms with Crippen LogP contribution in [0.4, 0.5) is 0 Å². The van der Waals surface area contributed by atoms with E-state index in [-0.39, 0.29) is 62.0 Å². The standard InChI is InChI=1S/C42H64ClN13O11/c1-21(2)33(54-35(59)27(51-32(58)19-46-5)9-7-13-48-42(44)45)38(62)52-28(16-24-11-12-31(57)26(43)15-24)36(60)55-34(23(4)67-6)39(63)53-29(17-25-18-47-20-49-25)40(64)56-14-8-10-30(56)37(61)50-22(3)41(65)66/h11-12,15,18,20-23,27-30,33-34,46,57H,7-10,13-14,16-17,19H2,1-6H3,(H,47,49)(H,50,61)(H,51,58)(H,52,62)(H,53,63)(H,54,59)(H,55,60)(H,65,66)(H4,44,45,48)/t22-,23+,27-,28-,29-,30-,33-,34-/m0/s1. The summed E-state index contributed by atoms with van der Waals surface area (Å²) < 4.78 is 5.50. The molecule has 2 heterocycles. The number of aromatic nitrogens is 2. The molecule has 2 aromatic rings. The van der Waals surface area contributed by atoms with Gasteiger partial charge >= 0.3 is 5.97 Å². The lowest BCUT2D eigenvalue weighted by molar-refractivity contribution is -0.145. The van der Waals surface area contributed by atoms with Gasteiger partial charge in [-0.05, 0) is 70.2 Å². The van der Waals surface area contributed by atoms with Crippen LogP contribution in [0.2, 0.25) is 5.02 Å². The number of phenolic OH excluding ortho intramolecular Hbond substituents is 1. The lowest BCUT2D eigenvalue weighted by atomic mass is 9.99. The van der Waals surface area contributed by atoms with Gasteiger partial charge in [0.25, 0.3) is 0 Å². The van der Waals surface area contributed by atoms with Gasteiger partial charge in [0.1, 0.15) is 48.0 Å². The van der Waals surface area contributed by atoms with Crippen molar-refractivity contribution in [2.45, 2.75) is 115 Å². The van der Waals surface area contributed by atoms with Crippen LogP contribution in [-0.2, 0) is 55.9 Å². The second-order valence-electron chi connectivity index (χ2n) is 16.4. The molecule has 0 saturated carbocycles. The zero-order valence-corrected chi connectivity index (χ0v) is 39.1.